The number of hydrogen-bond donors (Lipinski definition) is 4. The van der Waals surface area contributed by atoms with Crippen LogP contribution in [0.25, 0.3) is 43.4 Å². The molecule has 0 fully saturated rings. The number of thiazole rings is 2. The number of carbonyl (C=O) groups is 2. The van der Waals surface area contributed by atoms with E-state index in [0.29, 0.717) is 23.4 Å². The van der Waals surface area contributed by atoms with Gasteiger partial charge in [-0.3, -0.25) is 10.6 Å². The lowest BCUT2D eigenvalue weighted by atomic mass is 10.1. The fourth-order valence-electron chi connectivity index (χ4n) is 5.19. The molecule has 0 aliphatic heterocycles. The van der Waals surface area contributed by atoms with E-state index in [0.717, 1.165) is 69.1 Å². The quantitative estimate of drug-likeness (QED) is 0.0916. The van der Waals surface area contributed by atoms with Crippen LogP contribution < -0.4 is 21.3 Å². The van der Waals surface area contributed by atoms with Crippen LogP contribution in [0, 0.1) is 0 Å². The predicted molar refractivity (Wildman–Crippen MR) is 198 cm³/mol. The summed E-state index contributed by atoms with van der Waals surface area (Å²) in [5, 5.41) is 12.8. The lowest BCUT2D eigenvalue weighted by Gasteiger charge is -2.07. The highest BCUT2D eigenvalue weighted by Gasteiger charge is 2.17. The molecule has 0 radical (unpaired) electrons. The van der Waals surface area contributed by atoms with Crippen LogP contribution in [0.1, 0.15) is 25.7 Å². The van der Waals surface area contributed by atoms with E-state index in [1.165, 1.54) is 22.7 Å². The van der Waals surface area contributed by atoms with E-state index < -0.39 is 0 Å². The summed E-state index contributed by atoms with van der Waals surface area (Å²) in [7, 11) is 0. The molecule has 2 heterocycles. The average Bonchev–Trinajstić information content (AvgIpc) is 3.75. The second-order valence-corrected chi connectivity index (χ2v) is 13.0. The number of urea groups is 2. The zero-order chi connectivity index (χ0) is 33.0. The van der Waals surface area contributed by atoms with Gasteiger partial charge >= 0.3 is 12.1 Å². The third-order valence-electron chi connectivity index (χ3n) is 7.54. The van der Waals surface area contributed by atoms with Gasteiger partial charge in [-0.15, -0.1) is 0 Å². The topological polar surface area (TPSA) is 108 Å². The standard InChI is InChI=1S/C38H36N6O2S2/c45-35(43-37-41-31(27-17-7-3-8-18-27)33(47-37)29-21-11-5-12-22-29)39-25-15-1-2-16-26-40-36(46)44-38-42-32(28-19-9-4-10-20-28)34(48-38)30-23-13-6-14-24-30/h3-14,17-24H,1-2,15-16,25-26H2,(H2,39,41,43,45)(H2,40,42,44,46). The van der Waals surface area contributed by atoms with Crippen LogP contribution >= 0.6 is 22.7 Å². The van der Waals surface area contributed by atoms with Crippen LogP contribution in [-0.4, -0.2) is 35.1 Å². The van der Waals surface area contributed by atoms with E-state index in [-0.39, 0.29) is 12.1 Å². The predicted octanol–water partition coefficient (Wildman–Crippen LogP) is 9.77. The zero-order valence-electron chi connectivity index (χ0n) is 26.3. The van der Waals surface area contributed by atoms with Crippen LogP contribution in [0.15, 0.2) is 121 Å². The van der Waals surface area contributed by atoms with Gasteiger partial charge in [0.1, 0.15) is 0 Å². The minimum absolute atomic E-state index is 0.269. The van der Waals surface area contributed by atoms with Crippen molar-refractivity contribution in [3.63, 3.8) is 0 Å². The summed E-state index contributed by atoms with van der Waals surface area (Å²) in [5.41, 5.74) is 5.84. The Morgan fingerprint density at radius 3 is 1.15 bits per heavy atom. The first-order chi connectivity index (χ1) is 23.6. The van der Waals surface area contributed by atoms with Crippen molar-refractivity contribution in [3.8, 4) is 43.4 Å². The minimum Gasteiger partial charge on any atom is -0.338 e. The number of rotatable bonds is 13. The number of nitrogens with one attached hydrogen (secondary N) is 4. The lowest BCUT2D eigenvalue weighted by Crippen LogP contribution is -2.30. The molecule has 8 nitrogen and oxygen atoms in total. The molecule has 242 valence electrons. The molecule has 4 N–H and O–H groups in total. The third-order valence-corrected chi connectivity index (χ3v) is 9.58. The summed E-state index contributed by atoms with van der Waals surface area (Å²) in [5.74, 6) is 0. The number of aromatic nitrogens is 2. The summed E-state index contributed by atoms with van der Waals surface area (Å²) in [4.78, 5) is 36.8. The molecule has 0 bridgehead atoms. The van der Waals surface area contributed by atoms with Crippen molar-refractivity contribution < 1.29 is 9.59 Å². The number of amides is 4. The summed E-state index contributed by atoms with van der Waals surface area (Å²) in [6.07, 6.45) is 3.55. The van der Waals surface area contributed by atoms with E-state index in [1.54, 1.807) is 0 Å². The van der Waals surface area contributed by atoms with Crippen molar-refractivity contribution in [2.24, 2.45) is 0 Å². The number of benzene rings is 4. The van der Waals surface area contributed by atoms with Crippen LogP contribution in [0.5, 0.6) is 0 Å². The van der Waals surface area contributed by atoms with Crippen molar-refractivity contribution in [1.82, 2.24) is 20.6 Å². The van der Waals surface area contributed by atoms with Crippen molar-refractivity contribution in [3.05, 3.63) is 121 Å². The lowest BCUT2D eigenvalue weighted by molar-refractivity contribution is 0.250. The Kier molecular flexibility index (Phi) is 11.2. The van der Waals surface area contributed by atoms with Crippen LogP contribution in [0.2, 0.25) is 0 Å². The van der Waals surface area contributed by atoms with Gasteiger partial charge < -0.3 is 10.6 Å². The molecular weight excluding hydrogens is 637 g/mol. The van der Waals surface area contributed by atoms with Gasteiger partial charge in [0.05, 0.1) is 21.1 Å². The number of anilines is 2. The Balaban J connectivity index is 0.912. The molecule has 0 saturated heterocycles. The van der Waals surface area contributed by atoms with Crippen molar-refractivity contribution in [2.45, 2.75) is 25.7 Å². The molecule has 2 aromatic heterocycles. The molecule has 6 rings (SSSR count). The van der Waals surface area contributed by atoms with Gasteiger partial charge in [-0.1, -0.05) is 157 Å². The number of nitrogens with zero attached hydrogens (tertiary/aromatic N) is 2. The highest BCUT2D eigenvalue weighted by molar-refractivity contribution is 7.20. The highest BCUT2D eigenvalue weighted by Crippen LogP contribution is 2.40. The Bertz CT molecular complexity index is 1660. The van der Waals surface area contributed by atoms with Gasteiger partial charge in [-0.05, 0) is 24.0 Å². The summed E-state index contributed by atoms with van der Waals surface area (Å²) in [6.45, 7) is 1.11. The summed E-state index contributed by atoms with van der Waals surface area (Å²) >= 11 is 2.93. The molecule has 0 aliphatic carbocycles. The largest absolute Gasteiger partial charge is 0.338 e. The van der Waals surface area contributed by atoms with E-state index in [9.17, 15) is 9.59 Å². The SMILES string of the molecule is O=C(NCCCCCCNC(=O)Nc1nc(-c2ccccc2)c(-c2ccccc2)s1)Nc1nc(-c2ccccc2)c(-c2ccccc2)s1. The van der Waals surface area contributed by atoms with E-state index >= 15 is 0 Å². The van der Waals surface area contributed by atoms with Crippen LogP contribution in [-0.2, 0) is 0 Å². The maximum absolute atomic E-state index is 12.6. The fraction of sp³-hybridized carbons (Fsp3) is 0.158. The third kappa shape index (κ3) is 8.72. The van der Waals surface area contributed by atoms with Gasteiger partial charge in [0.15, 0.2) is 10.3 Å². The smallest absolute Gasteiger partial charge is 0.321 e. The highest BCUT2D eigenvalue weighted by atomic mass is 32.1. The maximum Gasteiger partial charge on any atom is 0.321 e. The first-order valence-corrected chi connectivity index (χ1v) is 17.6. The Morgan fingerprint density at radius 1 is 0.458 bits per heavy atom. The van der Waals surface area contributed by atoms with Crippen molar-refractivity contribution >= 4 is 45.0 Å². The Labute approximate surface area is 288 Å². The molecule has 0 aliphatic rings. The molecule has 0 atom stereocenters. The molecule has 0 saturated carbocycles. The first kappa shape index (κ1) is 32.6. The average molecular weight is 673 g/mol. The fourth-order valence-corrected chi connectivity index (χ4v) is 7.17. The zero-order valence-corrected chi connectivity index (χ0v) is 28.0. The molecule has 48 heavy (non-hydrogen) atoms. The van der Waals surface area contributed by atoms with Gasteiger partial charge in [0.2, 0.25) is 0 Å². The number of hydrogen-bond acceptors (Lipinski definition) is 6. The first-order valence-electron chi connectivity index (χ1n) is 16.0. The molecule has 10 heteroatoms. The number of unbranched alkanes of at least 4 members (excludes halogenated alkanes) is 3. The van der Waals surface area contributed by atoms with Crippen LogP contribution in [0.4, 0.5) is 19.9 Å². The maximum atomic E-state index is 12.6. The van der Waals surface area contributed by atoms with Gasteiger partial charge in [-0.2, -0.15) is 0 Å². The van der Waals surface area contributed by atoms with Gasteiger partial charge in [0, 0.05) is 24.2 Å². The Morgan fingerprint density at radius 2 is 0.792 bits per heavy atom. The molecule has 0 unspecified atom stereocenters. The van der Waals surface area contributed by atoms with E-state index in [1.807, 2.05) is 97.1 Å². The monoisotopic (exact) mass is 672 g/mol. The second kappa shape index (κ2) is 16.5. The normalized spacial score (nSPS) is 10.8. The second-order valence-electron chi connectivity index (χ2n) is 11.0. The molecule has 4 amide bonds. The summed E-state index contributed by atoms with van der Waals surface area (Å²) < 4.78 is 0. The van der Waals surface area contributed by atoms with Crippen LogP contribution in [0.3, 0.4) is 0 Å². The van der Waals surface area contributed by atoms with Crippen molar-refractivity contribution in [2.75, 3.05) is 23.7 Å². The summed E-state index contributed by atoms with van der Waals surface area (Å²) in [6, 6.07) is 39.6. The van der Waals surface area contributed by atoms with E-state index in [2.05, 4.69) is 45.5 Å². The molecule has 6 aromatic rings. The molecule has 4 aromatic carbocycles. The Hall–Kier alpha value is -5.32. The number of carbonyl (C=O) groups excluding carboxylic acids is 2. The van der Waals surface area contributed by atoms with E-state index in [4.69, 9.17) is 9.97 Å². The van der Waals surface area contributed by atoms with Gasteiger partial charge in [0.25, 0.3) is 0 Å². The van der Waals surface area contributed by atoms with Gasteiger partial charge in [-0.25, -0.2) is 19.6 Å². The van der Waals surface area contributed by atoms with Crippen molar-refractivity contribution in [1.29, 1.82) is 0 Å². The molecule has 0 spiro atoms. The minimum atomic E-state index is -0.269. The molecular formula is C38H36N6O2S2.